The molecule has 204 valence electrons. The largest absolute Gasteiger partial charge is 0.218 e. The smallest absolute Gasteiger partial charge is 0.132 e. The highest BCUT2D eigenvalue weighted by molar-refractivity contribution is 5.87. The fourth-order valence-electron chi connectivity index (χ4n) is 6.13. The van der Waals surface area contributed by atoms with Crippen LogP contribution in [-0.4, -0.2) is 15.0 Å². The van der Waals surface area contributed by atoms with Gasteiger partial charge < -0.3 is 0 Å². The maximum atomic E-state index is 5.01. The summed E-state index contributed by atoms with van der Waals surface area (Å²) in [4.78, 5) is 15.0. The zero-order valence-electron chi connectivity index (χ0n) is 23.7. The van der Waals surface area contributed by atoms with E-state index in [2.05, 4.69) is 127 Å². The van der Waals surface area contributed by atoms with E-state index < -0.39 is 0 Å². The molecule has 7 rings (SSSR count). The molecule has 0 aliphatic carbocycles. The molecule has 0 saturated heterocycles. The van der Waals surface area contributed by atoms with Crippen molar-refractivity contribution in [1.82, 2.24) is 15.0 Å². The topological polar surface area (TPSA) is 38.7 Å². The molecule has 0 radical (unpaired) electrons. The Kier molecular flexibility index (Phi) is 7.39. The minimum atomic E-state index is 0.791. The summed E-state index contributed by atoms with van der Waals surface area (Å²) >= 11 is 0. The van der Waals surface area contributed by atoms with Gasteiger partial charge >= 0.3 is 0 Å². The molecule has 7 aromatic rings. The Morgan fingerprint density at radius 2 is 0.571 bits per heavy atom. The van der Waals surface area contributed by atoms with Crippen molar-refractivity contribution >= 4 is 32.3 Å². The molecule has 1 aromatic heterocycles. The molecule has 0 saturated carbocycles. The molecule has 42 heavy (non-hydrogen) atoms. The van der Waals surface area contributed by atoms with E-state index in [-0.39, 0.29) is 0 Å². The number of hydrogen-bond acceptors (Lipinski definition) is 3. The summed E-state index contributed by atoms with van der Waals surface area (Å²) in [6, 6.07) is 45.5. The van der Waals surface area contributed by atoms with E-state index in [4.69, 9.17) is 15.0 Å². The fourth-order valence-corrected chi connectivity index (χ4v) is 6.13. The molecule has 0 bridgehead atoms. The Morgan fingerprint density at radius 3 is 0.905 bits per heavy atom. The molecule has 0 amide bonds. The number of aromatic nitrogens is 3. The Labute approximate surface area is 246 Å². The minimum Gasteiger partial charge on any atom is -0.218 e. The molecule has 1 heterocycles. The van der Waals surface area contributed by atoms with E-state index in [1.807, 2.05) is 0 Å². The van der Waals surface area contributed by atoms with Gasteiger partial charge in [0.1, 0.15) is 17.5 Å². The predicted molar refractivity (Wildman–Crippen MR) is 174 cm³/mol. The number of fused-ring (bicyclic) bond motifs is 3. The van der Waals surface area contributed by atoms with Crippen LogP contribution < -0.4 is 0 Å². The molecule has 3 nitrogen and oxygen atoms in total. The normalized spacial score (nSPS) is 11.4. The standard InChI is InChI=1S/C39H33N3/c1-4-19-34-28(10-1)13-7-16-31(34)22-25-37-40-38(26-23-32-17-8-14-29-11-2-5-20-35(29)32)42-39(41-37)27-24-33-18-9-15-30-12-3-6-21-36(30)33/h1-21H,22-27H2. The first-order valence-corrected chi connectivity index (χ1v) is 14.9. The minimum absolute atomic E-state index is 0.791. The van der Waals surface area contributed by atoms with Crippen molar-refractivity contribution < 1.29 is 0 Å². The molecule has 0 aliphatic rings. The highest BCUT2D eigenvalue weighted by Gasteiger charge is 2.11. The van der Waals surface area contributed by atoms with Crippen molar-refractivity contribution in [3.8, 4) is 0 Å². The summed E-state index contributed by atoms with van der Waals surface area (Å²) in [6.45, 7) is 0. The van der Waals surface area contributed by atoms with Gasteiger partial charge in [0.05, 0.1) is 0 Å². The summed E-state index contributed by atoms with van der Waals surface area (Å²) in [5.41, 5.74) is 4.01. The van der Waals surface area contributed by atoms with Crippen LogP contribution in [0.5, 0.6) is 0 Å². The van der Waals surface area contributed by atoms with Crippen LogP contribution in [-0.2, 0) is 38.5 Å². The molecule has 0 spiro atoms. The predicted octanol–water partition coefficient (Wildman–Crippen LogP) is 8.69. The second kappa shape index (κ2) is 11.9. The summed E-state index contributed by atoms with van der Waals surface area (Å²) < 4.78 is 0. The van der Waals surface area contributed by atoms with Crippen LogP contribution in [0.25, 0.3) is 32.3 Å². The van der Waals surface area contributed by atoms with Gasteiger partial charge in [-0.3, -0.25) is 0 Å². The molecular formula is C39H33N3. The molecule has 0 N–H and O–H groups in total. The van der Waals surface area contributed by atoms with Crippen molar-refractivity contribution in [2.45, 2.75) is 38.5 Å². The zero-order valence-corrected chi connectivity index (χ0v) is 23.7. The summed E-state index contributed by atoms with van der Waals surface area (Å²) in [6.07, 6.45) is 5.07. The SMILES string of the molecule is c1ccc2c(CCc3nc(CCc4cccc5ccccc45)nc(CCc4cccc5ccccc45)n3)cccc2c1. The van der Waals surface area contributed by atoms with Crippen molar-refractivity contribution in [3.63, 3.8) is 0 Å². The first-order valence-electron chi connectivity index (χ1n) is 14.9. The van der Waals surface area contributed by atoms with Crippen LogP contribution in [0.4, 0.5) is 0 Å². The fraction of sp³-hybridized carbons (Fsp3) is 0.154. The van der Waals surface area contributed by atoms with Gasteiger partial charge in [-0.1, -0.05) is 127 Å². The van der Waals surface area contributed by atoms with Crippen LogP contribution in [0.2, 0.25) is 0 Å². The maximum Gasteiger partial charge on any atom is 0.132 e. The number of rotatable bonds is 9. The van der Waals surface area contributed by atoms with Gasteiger partial charge in [-0.2, -0.15) is 0 Å². The number of hydrogen-bond donors (Lipinski definition) is 0. The number of nitrogens with zero attached hydrogens (tertiary/aromatic N) is 3. The van der Waals surface area contributed by atoms with Gasteiger partial charge in [-0.05, 0) is 68.3 Å². The van der Waals surface area contributed by atoms with Crippen LogP contribution in [0.15, 0.2) is 127 Å². The monoisotopic (exact) mass is 543 g/mol. The highest BCUT2D eigenvalue weighted by atomic mass is 15.0. The molecular weight excluding hydrogens is 510 g/mol. The first kappa shape index (κ1) is 26.0. The van der Waals surface area contributed by atoms with Crippen LogP contribution in [0.3, 0.4) is 0 Å². The van der Waals surface area contributed by atoms with E-state index in [0.717, 1.165) is 56.0 Å². The van der Waals surface area contributed by atoms with Gasteiger partial charge in [0.2, 0.25) is 0 Å². The number of benzene rings is 6. The zero-order chi connectivity index (χ0) is 28.1. The Morgan fingerprint density at radius 1 is 0.286 bits per heavy atom. The Hall–Kier alpha value is -4.89. The van der Waals surface area contributed by atoms with E-state index in [1.165, 1.54) is 49.0 Å². The maximum absolute atomic E-state index is 5.01. The van der Waals surface area contributed by atoms with Gasteiger partial charge in [-0.15, -0.1) is 0 Å². The molecule has 3 heteroatoms. The van der Waals surface area contributed by atoms with Gasteiger partial charge in [-0.25, -0.2) is 15.0 Å². The van der Waals surface area contributed by atoms with E-state index >= 15 is 0 Å². The van der Waals surface area contributed by atoms with Gasteiger partial charge in [0.25, 0.3) is 0 Å². The third kappa shape index (κ3) is 5.64. The van der Waals surface area contributed by atoms with Gasteiger partial charge in [0.15, 0.2) is 0 Å². The quantitative estimate of drug-likeness (QED) is 0.183. The molecule has 0 unspecified atom stereocenters. The third-order valence-electron chi connectivity index (χ3n) is 8.27. The van der Waals surface area contributed by atoms with Crippen molar-refractivity contribution in [2.24, 2.45) is 0 Å². The van der Waals surface area contributed by atoms with E-state index in [0.29, 0.717) is 0 Å². The van der Waals surface area contributed by atoms with Crippen molar-refractivity contribution in [1.29, 1.82) is 0 Å². The number of aryl methyl sites for hydroxylation is 6. The lowest BCUT2D eigenvalue weighted by Crippen LogP contribution is -2.11. The second-order valence-electron chi connectivity index (χ2n) is 11.0. The third-order valence-corrected chi connectivity index (χ3v) is 8.27. The summed E-state index contributed by atoms with van der Waals surface area (Å²) in [7, 11) is 0. The van der Waals surface area contributed by atoms with Gasteiger partial charge in [0, 0.05) is 19.3 Å². The van der Waals surface area contributed by atoms with Crippen LogP contribution >= 0.6 is 0 Å². The lowest BCUT2D eigenvalue weighted by molar-refractivity contribution is 0.723. The van der Waals surface area contributed by atoms with Crippen LogP contribution in [0, 0.1) is 0 Å². The Bertz CT molecular complexity index is 1750. The highest BCUT2D eigenvalue weighted by Crippen LogP contribution is 2.23. The lowest BCUT2D eigenvalue weighted by Gasteiger charge is -2.11. The van der Waals surface area contributed by atoms with E-state index in [1.54, 1.807) is 0 Å². The lowest BCUT2D eigenvalue weighted by atomic mass is 10.00. The van der Waals surface area contributed by atoms with Crippen LogP contribution in [0.1, 0.15) is 34.2 Å². The second-order valence-corrected chi connectivity index (χ2v) is 11.0. The average Bonchev–Trinajstić information content (AvgIpc) is 3.05. The Balaban J connectivity index is 1.16. The molecule has 0 atom stereocenters. The van der Waals surface area contributed by atoms with Crippen molar-refractivity contribution in [2.75, 3.05) is 0 Å². The molecule has 0 fully saturated rings. The van der Waals surface area contributed by atoms with E-state index in [9.17, 15) is 0 Å². The molecule has 6 aromatic carbocycles. The summed E-state index contributed by atoms with van der Waals surface area (Å²) in [5, 5.41) is 7.75. The molecule has 0 aliphatic heterocycles. The summed E-state index contributed by atoms with van der Waals surface area (Å²) in [5.74, 6) is 2.66. The van der Waals surface area contributed by atoms with Crippen molar-refractivity contribution in [3.05, 3.63) is 162 Å². The average molecular weight is 544 g/mol. The first-order chi connectivity index (χ1) is 20.8.